The van der Waals surface area contributed by atoms with Gasteiger partial charge in [0.2, 0.25) is 23.0 Å². The van der Waals surface area contributed by atoms with Crippen molar-refractivity contribution < 1.29 is 26.7 Å². The highest BCUT2D eigenvalue weighted by molar-refractivity contribution is 6.26. The van der Waals surface area contributed by atoms with E-state index in [1.54, 1.807) is 16.8 Å². The van der Waals surface area contributed by atoms with Crippen molar-refractivity contribution in [2.75, 3.05) is 0 Å². The van der Waals surface area contributed by atoms with Gasteiger partial charge in [-0.1, -0.05) is 95.9 Å². The van der Waals surface area contributed by atoms with Crippen LogP contribution in [-0.4, -0.2) is 21.5 Å². The summed E-state index contributed by atoms with van der Waals surface area (Å²) in [6.07, 6.45) is 15.9. The van der Waals surface area contributed by atoms with Gasteiger partial charge in [0.1, 0.15) is 13.1 Å². The molecule has 0 aliphatic heterocycles. The molecule has 2 aromatic rings. The maximum atomic E-state index is 13.3. The summed E-state index contributed by atoms with van der Waals surface area (Å²) < 4.78 is 3.60. The van der Waals surface area contributed by atoms with Gasteiger partial charge in [-0.05, 0) is 25.7 Å². The van der Waals surface area contributed by atoms with Crippen molar-refractivity contribution in [3.8, 4) is 0 Å². The number of ketones is 2. The quantitative estimate of drug-likeness (QED) is 0.252. The summed E-state index contributed by atoms with van der Waals surface area (Å²) in [5.74, 6) is -0.134. The van der Waals surface area contributed by atoms with E-state index >= 15 is 0 Å². The van der Waals surface area contributed by atoms with Gasteiger partial charge in [0.15, 0.2) is 0 Å². The van der Waals surface area contributed by atoms with E-state index in [1.807, 2.05) is 16.8 Å². The zero-order chi connectivity index (χ0) is 22.8. The van der Waals surface area contributed by atoms with Gasteiger partial charge in [0.05, 0.1) is 5.21 Å². The second-order valence-corrected chi connectivity index (χ2v) is 9.13. The Bertz CT molecular complexity index is 907. The minimum atomic E-state index is -0.0685. The van der Waals surface area contributed by atoms with Gasteiger partial charge in [0.25, 0.3) is 0 Å². The minimum Gasteiger partial charge on any atom is -1.00 e. The van der Waals surface area contributed by atoms with Gasteiger partial charge in [-0.3, -0.25) is 9.59 Å². The summed E-state index contributed by atoms with van der Waals surface area (Å²) in [4.78, 5) is 26.5. The molecule has 0 saturated heterocycles. The molecule has 0 saturated carbocycles. The number of aromatic nitrogens is 3. The van der Waals surface area contributed by atoms with E-state index in [1.165, 1.54) is 51.4 Å². The highest BCUT2D eigenvalue weighted by Gasteiger charge is 2.42. The van der Waals surface area contributed by atoms with Crippen molar-refractivity contribution in [3.63, 3.8) is 0 Å². The van der Waals surface area contributed by atoms with Crippen LogP contribution in [0.25, 0.3) is 0 Å². The van der Waals surface area contributed by atoms with Crippen LogP contribution in [0.4, 0.5) is 0 Å². The average molecular weight is 474 g/mol. The third-order valence-corrected chi connectivity index (χ3v) is 6.50. The van der Waals surface area contributed by atoms with Gasteiger partial charge < -0.3 is 12.4 Å². The number of fused-ring (bicyclic) bond motifs is 2. The van der Waals surface area contributed by atoms with Crippen LogP contribution in [0.2, 0.25) is 0 Å². The van der Waals surface area contributed by atoms with Gasteiger partial charge in [-0.25, -0.2) is 0 Å². The van der Waals surface area contributed by atoms with Crippen molar-refractivity contribution in [1.29, 1.82) is 0 Å². The van der Waals surface area contributed by atoms with Crippen molar-refractivity contribution >= 4 is 11.6 Å². The van der Waals surface area contributed by atoms with E-state index in [2.05, 4.69) is 13.8 Å². The molecule has 1 aliphatic rings. The summed E-state index contributed by atoms with van der Waals surface area (Å²) in [7, 11) is 0. The van der Waals surface area contributed by atoms with Crippen LogP contribution in [0.1, 0.15) is 129 Å². The fraction of sp³-hybridized carbons (Fsp3) is 0.630. The maximum absolute atomic E-state index is 13.3. The van der Waals surface area contributed by atoms with E-state index in [-0.39, 0.29) is 24.0 Å². The Balaban J connectivity index is 0.00000385. The number of unbranched alkanes of at least 4 members (excludes halogenated alkanes) is 11. The topological polar surface area (TPSA) is 55.8 Å². The molecular formula is C27H40ClN3O2. The van der Waals surface area contributed by atoms with Crippen molar-refractivity contribution in [2.45, 2.75) is 110 Å². The molecule has 0 fully saturated rings. The van der Waals surface area contributed by atoms with Crippen LogP contribution in [0, 0.1) is 0 Å². The summed E-state index contributed by atoms with van der Waals surface area (Å²) in [5, 5.41) is 4.71. The van der Waals surface area contributed by atoms with Crippen molar-refractivity contribution in [2.24, 2.45) is 0 Å². The molecule has 0 radical (unpaired) electrons. The summed E-state index contributed by atoms with van der Waals surface area (Å²) in [6, 6.07) is 7.17. The van der Waals surface area contributed by atoms with Crippen LogP contribution >= 0.6 is 0 Å². The molecule has 182 valence electrons. The Morgan fingerprint density at radius 3 is 1.85 bits per heavy atom. The SMILES string of the molecule is CCCCCCCCCCCCn1n[n+](CCCCC)c2c1C(=O)c1ccccc1C2=O.[Cl-]. The number of nitrogens with zero attached hydrogens (tertiary/aromatic N) is 3. The number of aryl methyl sites for hydroxylation is 2. The standard InChI is InChI=1S/C27H40N3O2.ClH/c1-3-5-7-8-9-10-11-12-13-17-21-30-25-24(29(28-30)20-16-6-4-2)26(31)22-18-14-15-19-23(22)27(25)32;/h14-15,18-19H,3-13,16-17,20-21H2,1-2H3;1H/q+1;/p-1. The number of rotatable bonds is 15. The molecule has 33 heavy (non-hydrogen) atoms. The van der Waals surface area contributed by atoms with Crippen LogP contribution in [0.5, 0.6) is 0 Å². The van der Waals surface area contributed by atoms with E-state index in [0.29, 0.717) is 35.6 Å². The molecule has 1 aromatic carbocycles. The molecular weight excluding hydrogens is 434 g/mol. The normalized spacial score (nSPS) is 12.4. The predicted molar refractivity (Wildman–Crippen MR) is 127 cm³/mol. The lowest BCUT2D eigenvalue weighted by atomic mass is 9.90. The molecule has 0 amide bonds. The maximum Gasteiger partial charge on any atom is 0.249 e. The molecule has 3 rings (SSSR count). The Morgan fingerprint density at radius 1 is 0.727 bits per heavy atom. The van der Waals surface area contributed by atoms with Crippen molar-refractivity contribution in [3.05, 3.63) is 46.8 Å². The van der Waals surface area contributed by atoms with Gasteiger partial charge in [0, 0.05) is 11.1 Å². The molecule has 0 bridgehead atoms. The number of hydrogen-bond acceptors (Lipinski definition) is 3. The number of carbonyl (C=O) groups is 2. The Kier molecular flexibility index (Phi) is 11.8. The number of benzene rings is 1. The first kappa shape index (κ1) is 27.2. The van der Waals surface area contributed by atoms with E-state index < -0.39 is 0 Å². The number of halogens is 1. The monoisotopic (exact) mass is 473 g/mol. The van der Waals surface area contributed by atoms with Gasteiger partial charge >= 0.3 is 0 Å². The third-order valence-electron chi connectivity index (χ3n) is 6.50. The molecule has 5 nitrogen and oxygen atoms in total. The molecule has 1 aliphatic carbocycles. The zero-order valence-corrected chi connectivity index (χ0v) is 21.2. The lowest BCUT2D eigenvalue weighted by Crippen LogP contribution is -3.00. The van der Waals surface area contributed by atoms with Crippen molar-refractivity contribution in [1.82, 2.24) is 9.90 Å². The first-order chi connectivity index (χ1) is 15.7. The first-order valence-corrected chi connectivity index (χ1v) is 12.9. The minimum absolute atomic E-state index is 0. The molecule has 6 heteroatoms. The lowest BCUT2D eigenvalue weighted by molar-refractivity contribution is -0.757. The Morgan fingerprint density at radius 2 is 1.24 bits per heavy atom. The molecule has 1 aromatic heterocycles. The fourth-order valence-electron chi connectivity index (χ4n) is 4.62. The Labute approximate surface area is 205 Å². The Hall–Kier alpha value is -2.01. The second-order valence-electron chi connectivity index (χ2n) is 9.13. The van der Waals surface area contributed by atoms with E-state index in [9.17, 15) is 9.59 Å². The average Bonchev–Trinajstić information content (AvgIpc) is 3.17. The number of carbonyl (C=O) groups excluding carboxylic acids is 2. The number of hydrogen-bond donors (Lipinski definition) is 0. The van der Waals surface area contributed by atoms with Crippen LogP contribution in [0.15, 0.2) is 24.3 Å². The van der Waals surface area contributed by atoms with Crippen LogP contribution in [-0.2, 0) is 13.1 Å². The molecule has 0 unspecified atom stereocenters. The summed E-state index contributed by atoms with van der Waals surface area (Å²) in [6.45, 7) is 5.80. The predicted octanol–water partition coefficient (Wildman–Crippen LogP) is 3.06. The van der Waals surface area contributed by atoms with E-state index in [4.69, 9.17) is 5.21 Å². The van der Waals surface area contributed by atoms with Crippen LogP contribution in [0.3, 0.4) is 0 Å². The van der Waals surface area contributed by atoms with Gasteiger partial charge in [-0.15, -0.1) is 9.36 Å². The zero-order valence-electron chi connectivity index (χ0n) is 20.5. The second kappa shape index (κ2) is 14.3. The van der Waals surface area contributed by atoms with Gasteiger partial charge in [-0.2, -0.15) is 0 Å². The summed E-state index contributed by atoms with van der Waals surface area (Å²) >= 11 is 0. The molecule has 0 spiro atoms. The first-order valence-electron chi connectivity index (χ1n) is 12.9. The molecule has 0 atom stereocenters. The van der Waals surface area contributed by atoms with Crippen LogP contribution < -0.4 is 17.1 Å². The highest BCUT2D eigenvalue weighted by Crippen LogP contribution is 2.25. The summed E-state index contributed by atoms with van der Waals surface area (Å²) in [5.41, 5.74) is 1.99. The third kappa shape index (κ3) is 6.99. The smallest absolute Gasteiger partial charge is 0.249 e. The largest absolute Gasteiger partial charge is 1.00 e. The van der Waals surface area contributed by atoms with E-state index in [0.717, 1.165) is 32.1 Å². The highest BCUT2D eigenvalue weighted by atomic mass is 35.5. The lowest BCUT2D eigenvalue weighted by Gasteiger charge is -2.11. The fourth-order valence-corrected chi connectivity index (χ4v) is 4.62. The molecule has 1 heterocycles. The molecule has 0 N–H and O–H groups in total.